The first-order valence-electron chi connectivity index (χ1n) is 21.0. The second kappa shape index (κ2) is 33.5. The van der Waals surface area contributed by atoms with E-state index in [0.717, 1.165) is 32.2 Å². The molecule has 0 aromatic carbocycles. The van der Waals surface area contributed by atoms with Crippen LogP contribution in [0.4, 0.5) is 0 Å². The molecule has 5 heteroatoms. The SMILES string of the molecule is CCCCCCCC/C=C\CCCCCCCC(=O)OCC(C)(COC(=O)CCCCCCC/C=C\CCCCCCCC)C[N+](C)(C)C. The van der Waals surface area contributed by atoms with Gasteiger partial charge in [-0.2, -0.15) is 0 Å². The topological polar surface area (TPSA) is 52.6 Å². The van der Waals surface area contributed by atoms with Crippen molar-refractivity contribution in [2.45, 2.75) is 201 Å². The summed E-state index contributed by atoms with van der Waals surface area (Å²) in [6.07, 6.45) is 42.7. The lowest BCUT2D eigenvalue weighted by Crippen LogP contribution is -2.48. The van der Waals surface area contributed by atoms with Crippen molar-refractivity contribution in [3.63, 3.8) is 0 Å². The molecule has 0 heterocycles. The van der Waals surface area contributed by atoms with Crippen LogP contribution < -0.4 is 0 Å². The summed E-state index contributed by atoms with van der Waals surface area (Å²) in [4.78, 5) is 25.1. The van der Waals surface area contributed by atoms with Crippen molar-refractivity contribution >= 4 is 11.9 Å². The molecule has 0 rings (SSSR count). The number of carbonyl (C=O) groups is 2. The molecule has 0 unspecified atom stereocenters. The Morgan fingerprint density at radius 1 is 0.469 bits per heavy atom. The maximum Gasteiger partial charge on any atom is 0.305 e. The number of esters is 2. The first kappa shape index (κ1) is 47.4. The van der Waals surface area contributed by atoms with E-state index < -0.39 is 5.41 Å². The van der Waals surface area contributed by atoms with Gasteiger partial charge < -0.3 is 14.0 Å². The Morgan fingerprint density at radius 2 is 0.755 bits per heavy atom. The van der Waals surface area contributed by atoms with Gasteiger partial charge in [0, 0.05) is 12.8 Å². The minimum absolute atomic E-state index is 0.134. The van der Waals surface area contributed by atoms with E-state index in [2.05, 4.69) is 66.2 Å². The van der Waals surface area contributed by atoms with Crippen LogP contribution in [-0.4, -0.2) is 57.3 Å². The van der Waals surface area contributed by atoms with Gasteiger partial charge in [0.25, 0.3) is 0 Å². The summed E-state index contributed by atoms with van der Waals surface area (Å²) in [6.45, 7) is 7.94. The van der Waals surface area contributed by atoms with Crippen molar-refractivity contribution in [2.24, 2.45) is 5.41 Å². The molecule has 0 saturated carbocycles. The van der Waals surface area contributed by atoms with E-state index in [9.17, 15) is 9.59 Å². The molecule has 0 aromatic heterocycles. The molecule has 0 aliphatic rings. The fraction of sp³-hybridized carbons (Fsp3) is 0.864. The number of nitrogens with zero attached hydrogens (tertiary/aromatic N) is 1. The number of carbonyl (C=O) groups excluding carboxylic acids is 2. The summed E-state index contributed by atoms with van der Waals surface area (Å²) in [5.74, 6) is -0.269. The quantitative estimate of drug-likeness (QED) is 0.0284. The molecule has 288 valence electrons. The van der Waals surface area contributed by atoms with E-state index in [1.807, 2.05) is 0 Å². The summed E-state index contributed by atoms with van der Waals surface area (Å²) in [5.41, 5.74) is -0.408. The summed E-state index contributed by atoms with van der Waals surface area (Å²) in [7, 11) is 6.37. The molecule has 0 atom stereocenters. The highest BCUT2D eigenvalue weighted by Crippen LogP contribution is 2.22. The summed E-state index contributed by atoms with van der Waals surface area (Å²) < 4.78 is 12.2. The van der Waals surface area contributed by atoms with Crippen molar-refractivity contribution in [3.8, 4) is 0 Å². The number of quaternary nitrogens is 1. The highest BCUT2D eigenvalue weighted by Gasteiger charge is 2.34. The van der Waals surface area contributed by atoms with Gasteiger partial charge in [-0.1, -0.05) is 141 Å². The van der Waals surface area contributed by atoms with Gasteiger partial charge >= 0.3 is 11.9 Å². The van der Waals surface area contributed by atoms with Crippen LogP contribution in [0, 0.1) is 5.41 Å². The van der Waals surface area contributed by atoms with Gasteiger partial charge in [-0.15, -0.1) is 0 Å². The fourth-order valence-corrected chi connectivity index (χ4v) is 6.61. The van der Waals surface area contributed by atoms with Crippen LogP contribution in [0.25, 0.3) is 0 Å². The zero-order valence-corrected chi connectivity index (χ0v) is 33.8. The zero-order valence-electron chi connectivity index (χ0n) is 33.8. The van der Waals surface area contributed by atoms with Crippen molar-refractivity contribution in [1.29, 1.82) is 0 Å². The van der Waals surface area contributed by atoms with Crippen LogP contribution in [0.3, 0.4) is 0 Å². The molecular weight excluding hydrogens is 606 g/mol. The van der Waals surface area contributed by atoms with Crippen LogP contribution in [-0.2, 0) is 19.1 Å². The first-order valence-corrected chi connectivity index (χ1v) is 21.0. The van der Waals surface area contributed by atoms with E-state index in [-0.39, 0.29) is 25.2 Å². The van der Waals surface area contributed by atoms with Gasteiger partial charge in [0.1, 0.15) is 13.2 Å². The summed E-state index contributed by atoms with van der Waals surface area (Å²) in [6, 6.07) is 0. The normalized spacial score (nSPS) is 12.4. The Hall–Kier alpha value is -1.62. The molecule has 0 spiro atoms. The lowest BCUT2D eigenvalue weighted by atomic mass is 9.91. The number of rotatable bonds is 36. The molecule has 0 saturated heterocycles. The van der Waals surface area contributed by atoms with Crippen LogP contribution in [0.15, 0.2) is 24.3 Å². The monoisotopic (exact) mass is 691 g/mol. The maximum atomic E-state index is 12.5. The van der Waals surface area contributed by atoms with Crippen LogP contribution in [0.1, 0.15) is 201 Å². The third kappa shape index (κ3) is 36.0. The van der Waals surface area contributed by atoms with Gasteiger partial charge in [0.2, 0.25) is 0 Å². The van der Waals surface area contributed by atoms with Gasteiger partial charge in [-0.25, -0.2) is 0 Å². The number of hydrogen-bond donors (Lipinski definition) is 0. The van der Waals surface area contributed by atoms with E-state index >= 15 is 0 Å². The largest absolute Gasteiger partial charge is 0.465 e. The maximum absolute atomic E-state index is 12.5. The Balaban J connectivity index is 4.01. The van der Waals surface area contributed by atoms with E-state index in [1.54, 1.807) is 0 Å². The number of allylic oxidation sites excluding steroid dienone is 4. The Kier molecular flexibility index (Phi) is 32.4. The average molecular weight is 691 g/mol. The molecule has 0 fully saturated rings. The number of ether oxygens (including phenoxy) is 2. The fourth-order valence-electron chi connectivity index (χ4n) is 6.61. The second-order valence-corrected chi connectivity index (χ2v) is 16.2. The highest BCUT2D eigenvalue weighted by atomic mass is 16.5. The number of unbranched alkanes of at least 4 members (excludes halogenated alkanes) is 22. The van der Waals surface area contributed by atoms with Crippen LogP contribution in [0.2, 0.25) is 0 Å². The molecule has 0 amide bonds. The van der Waals surface area contributed by atoms with Gasteiger partial charge in [-0.05, 0) is 71.1 Å². The molecule has 0 aliphatic heterocycles. The molecule has 0 aromatic rings. The third-order valence-corrected chi connectivity index (χ3v) is 9.30. The Bertz CT molecular complexity index is 756. The molecule has 5 nitrogen and oxygen atoms in total. The molecule has 0 radical (unpaired) electrons. The van der Waals surface area contributed by atoms with Crippen LogP contribution in [0.5, 0.6) is 0 Å². The standard InChI is InChI=1S/C44H84NO4/c1-7-9-11-13-15-17-19-21-23-25-27-29-31-33-35-37-42(46)48-40-44(3,39-45(4,5)6)41-49-43(47)38-36-34-32-30-28-26-24-22-20-18-16-14-12-10-8-2/h21-24H,7-20,25-41H2,1-6H3/q+1/b23-21-,24-22-. The average Bonchev–Trinajstić information content (AvgIpc) is 3.05. The van der Waals surface area contributed by atoms with Crippen molar-refractivity contribution in [2.75, 3.05) is 40.9 Å². The zero-order chi connectivity index (χ0) is 36.3. The smallest absolute Gasteiger partial charge is 0.305 e. The Morgan fingerprint density at radius 3 is 1.06 bits per heavy atom. The molecular formula is C44H84NO4+. The summed E-state index contributed by atoms with van der Waals surface area (Å²) >= 11 is 0. The van der Waals surface area contributed by atoms with E-state index in [1.165, 1.54) is 141 Å². The predicted molar refractivity (Wildman–Crippen MR) is 212 cm³/mol. The second-order valence-electron chi connectivity index (χ2n) is 16.2. The third-order valence-electron chi connectivity index (χ3n) is 9.30. The van der Waals surface area contributed by atoms with E-state index in [4.69, 9.17) is 9.47 Å². The minimum atomic E-state index is -0.408. The predicted octanol–water partition coefficient (Wildman–Crippen LogP) is 12.9. The Labute approximate surface area is 306 Å². The molecule has 0 bridgehead atoms. The van der Waals surface area contributed by atoms with Crippen LogP contribution >= 0.6 is 0 Å². The minimum Gasteiger partial charge on any atom is -0.465 e. The van der Waals surface area contributed by atoms with Crippen molar-refractivity contribution in [3.05, 3.63) is 24.3 Å². The van der Waals surface area contributed by atoms with Crippen molar-refractivity contribution < 1.29 is 23.5 Å². The number of hydrogen-bond acceptors (Lipinski definition) is 4. The lowest BCUT2D eigenvalue weighted by molar-refractivity contribution is -0.877. The highest BCUT2D eigenvalue weighted by molar-refractivity contribution is 5.69. The lowest BCUT2D eigenvalue weighted by Gasteiger charge is -2.35. The van der Waals surface area contributed by atoms with Gasteiger partial charge in [-0.3, -0.25) is 9.59 Å². The van der Waals surface area contributed by atoms with Crippen molar-refractivity contribution in [1.82, 2.24) is 0 Å². The molecule has 0 aliphatic carbocycles. The molecule has 0 N–H and O–H groups in total. The van der Waals surface area contributed by atoms with Gasteiger partial charge in [0.05, 0.1) is 33.1 Å². The van der Waals surface area contributed by atoms with E-state index in [0.29, 0.717) is 17.3 Å². The summed E-state index contributed by atoms with van der Waals surface area (Å²) in [5, 5.41) is 0. The molecule has 49 heavy (non-hydrogen) atoms. The first-order chi connectivity index (χ1) is 23.6. The van der Waals surface area contributed by atoms with Gasteiger partial charge in [0.15, 0.2) is 0 Å².